The minimum atomic E-state index is -0.343. The zero-order valence-electron chi connectivity index (χ0n) is 13.1. The molecule has 1 aliphatic heterocycles. The first-order valence-electron chi connectivity index (χ1n) is 7.56. The Kier molecular flexibility index (Phi) is 5.29. The van der Waals surface area contributed by atoms with Gasteiger partial charge in [-0.15, -0.1) is 0 Å². The largest absolute Gasteiger partial charge is 0.381 e. The zero-order chi connectivity index (χ0) is 15.5. The standard InChI is InChI=1S/C17H25ClFNO/c1-16(2,3)20-11-17(7-4-8-21-12-17)10-13-5-6-14(18)15(19)9-13/h5-6,9,20H,4,7-8,10-12H2,1-3H3. The molecule has 1 fully saturated rings. The molecule has 1 aromatic rings. The summed E-state index contributed by atoms with van der Waals surface area (Å²) in [7, 11) is 0. The topological polar surface area (TPSA) is 21.3 Å². The summed E-state index contributed by atoms with van der Waals surface area (Å²) in [5.41, 5.74) is 1.08. The van der Waals surface area contributed by atoms with Gasteiger partial charge in [0.2, 0.25) is 0 Å². The lowest BCUT2D eigenvalue weighted by molar-refractivity contribution is -0.00996. The molecule has 118 valence electrons. The molecule has 0 amide bonds. The van der Waals surface area contributed by atoms with E-state index < -0.39 is 0 Å². The third-order valence-electron chi connectivity index (χ3n) is 3.96. The maximum atomic E-state index is 13.7. The molecule has 1 unspecified atom stereocenters. The van der Waals surface area contributed by atoms with Crippen LogP contribution in [0.3, 0.4) is 0 Å². The van der Waals surface area contributed by atoms with Gasteiger partial charge >= 0.3 is 0 Å². The van der Waals surface area contributed by atoms with Crippen LogP contribution in [0.4, 0.5) is 4.39 Å². The first kappa shape index (κ1) is 16.7. The molecular formula is C17H25ClFNO. The van der Waals surface area contributed by atoms with Crippen molar-refractivity contribution in [1.29, 1.82) is 0 Å². The van der Waals surface area contributed by atoms with Crippen LogP contribution in [0.15, 0.2) is 18.2 Å². The van der Waals surface area contributed by atoms with E-state index in [2.05, 4.69) is 26.1 Å². The minimum absolute atomic E-state index is 0.0335. The van der Waals surface area contributed by atoms with Crippen LogP contribution in [0.1, 0.15) is 39.2 Å². The lowest BCUT2D eigenvalue weighted by Crippen LogP contribution is -2.48. The van der Waals surface area contributed by atoms with Gasteiger partial charge in [-0.2, -0.15) is 0 Å². The van der Waals surface area contributed by atoms with Crippen molar-refractivity contribution in [2.24, 2.45) is 5.41 Å². The average molecular weight is 314 g/mol. The van der Waals surface area contributed by atoms with Gasteiger partial charge in [0.1, 0.15) is 5.82 Å². The summed E-state index contributed by atoms with van der Waals surface area (Å²) in [5, 5.41) is 3.76. The molecule has 2 nitrogen and oxygen atoms in total. The predicted molar refractivity (Wildman–Crippen MR) is 85.4 cm³/mol. The van der Waals surface area contributed by atoms with E-state index in [0.29, 0.717) is 0 Å². The maximum absolute atomic E-state index is 13.7. The molecule has 2 rings (SSSR count). The monoisotopic (exact) mass is 313 g/mol. The molecule has 4 heteroatoms. The number of nitrogens with one attached hydrogen (secondary N) is 1. The fourth-order valence-electron chi connectivity index (χ4n) is 2.79. The van der Waals surface area contributed by atoms with E-state index >= 15 is 0 Å². The average Bonchev–Trinajstić information content (AvgIpc) is 2.41. The number of halogens is 2. The summed E-state index contributed by atoms with van der Waals surface area (Å²) in [6, 6.07) is 5.11. The molecule has 1 aromatic carbocycles. The summed E-state index contributed by atoms with van der Waals surface area (Å²) >= 11 is 5.77. The highest BCUT2D eigenvalue weighted by Crippen LogP contribution is 2.33. The van der Waals surface area contributed by atoms with Crippen molar-refractivity contribution >= 4 is 11.6 Å². The maximum Gasteiger partial charge on any atom is 0.142 e. The molecule has 21 heavy (non-hydrogen) atoms. The van der Waals surface area contributed by atoms with Crippen molar-refractivity contribution in [3.8, 4) is 0 Å². The van der Waals surface area contributed by atoms with Crippen LogP contribution >= 0.6 is 11.6 Å². The van der Waals surface area contributed by atoms with Crippen LogP contribution in [0, 0.1) is 11.2 Å². The van der Waals surface area contributed by atoms with Crippen molar-refractivity contribution in [2.75, 3.05) is 19.8 Å². The minimum Gasteiger partial charge on any atom is -0.381 e. The highest BCUT2D eigenvalue weighted by molar-refractivity contribution is 6.30. The Morgan fingerprint density at radius 1 is 1.38 bits per heavy atom. The van der Waals surface area contributed by atoms with Gasteiger partial charge in [-0.05, 0) is 57.7 Å². The molecular weight excluding hydrogens is 289 g/mol. The van der Waals surface area contributed by atoms with Gasteiger partial charge in [0, 0.05) is 24.1 Å². The number of ether oxygens (including phenoxy) is 1. The summed E-state index contributed by atoms with van der Waals surface area (Å²) in [5.74, 6) is -0.343. The van der Waals surface area contributed by atoms with Crippen LogP contribution in [0.2, 0.25) is 5.02 Å². The van der Waals surface area contributed by atoms with Crippen LogP contribution in [0.5, 0.6) is 0 Å². The fraction of sp³-hybridized carbons (Fsp3) is 0.647. The molecule has 1 N–H and O–H groups in total. The van der Waals surface area contributed by atoms with Crippen molar-refractivity contribution < 1.29 is 9.13 Å². The normalized spacial score (nSPS) is 23.3. The predicted octanol–water partition coefficient (Wildman–Crippen LogP) is 4.21. The van der Waals surface area contributed by atoms with Gasteiger partial charge < -0.3 is 10.1 Å². The second-order valence-corrected chi connectivity index (χ2v) is 7.59. The molecule has 0 bridgehead atoms. The highest BCUT2D eigenvalue weighted by Gasteiger charge is 2.34. The van der Waals surface area contributed by atoms with E-state index in [0.717, 1.165) is 44.6 Å². The number of hydrogen-bond donors (Lipinski definition) is 1. The Balaban J connectivity index is 2.13. The molecule has 1 heterocycles. The molecule has 0 aromatic heterocycles. The van der Waals surface area contributed by atoms with Crippen LogP contribution in [0.25, 0.3) is 0 Å². The Labute approximate surface area is 132 Å². The van der Waals surface area contributed by atoms with Crippen molar-refractivity contribution in [3.05, 3.63) is 34.6 Å². The first-order valence-corrected chi connectivity index (χ1v) is 7.94. The lowest BCUT2D eigenvalue weighted by Gasteiger charge is -2.39. The van der Waals surface area contributed by atoms with Crippen molar-refractivity contribution in [1.82, 2.24) is 5.32 Å². The highest BCUT2D eigenvalue weighted by atomic mass is 35.5. The van der Waals surface area contributed by atoms with Crippen LogP contribution < -0.4 is 5.32 Å². The van der Waals surface area contributed by atoms with Gasteiger partial charge in [-0.25, -0.2) is 4.39 Å². The zero-order valence-corrected chi connectivity index (χ0v) is 13.9. The summed E-state index contributed by atoms with van der Waals surface area (Å²) < 4.78 is 19.4. The van der Waals surface area contributed by atoms with Gasteiger partial charge in [0.15, 0.2) is 0 Å². The van der Waals surface area contributed by atoms with E-state index in [1.54, 1.807) is 12.1 Å². The van der Waals surface area contributed by atoms with Crippen LogP contribution in [-0.2, 0) is 11.2 Å². The van der Waals surface area contributed by atoms with E-state index in [4.69, 9.17) is 16.3 Å². The molecule has 0 radical (unpaired) electrons. The molecule has 0 saturated carbocycles. The SMILES string of the molecule is CC(C)(C)NCC1(Cc2ccc(Cl)c(F)c2)CCCOC1. The van der Waals surface area contributed by atoms with Crippen molar-refractivity contribution in [3.63, 3.8) is 0 Å². The molecule has 0 spiro atoms. The first-order chi connectivity index (χ1) is 9.80. The van der Waals surface area contributed by atoms with Gasteiger partial charge in [-0.3, -0.25) is 0 Å². The Hall–Kier alpha value is -0.640. The van der Waals surface area contributed by atoms with Gasteiger partial charge in [-0.1, -0.05) is 17.7 Å². The fourth-order valence-corrected chi connectivity index (χ4v) is 2.90. The quantitative estimate of drug-likeness (QED) is 0.899. The second kappa shape index (κ2) is 6.64. The second-order valence-electron chi connectivity index (χ2n) is 7.18. The van der Waals surface area contributed by atoms with Crippen LogP contribution in [-0.4, -0.2) is 25.3 Å². The van der Waals surface area contributed by atoms with E-state index in [-0.39, 0.29) is 21.8 Å². The number of benzene rings is 1. The lowest BCUT2D eigenvalue weighted by atomic mass is 9.76. The summed E-state index contributed by atoms with van der Waals surface area (Å²) in [4.78, 5) is 0. The van der Waals surface area contributed by atoms with Crippen molar-refractivity contribution in [2.45, 2.75) is 45.6 Å². The summed E-state index contributed by atoms with van der Waals surface area (Å²) in [6.07, 6.45) is 2.96. The third-order valence-corrected chi connectivity index (χ3v) is 4.27. The Morgan fingerprint density at radius 3 is 2.71 bits per heavy atom. The smallest absolute Gasteiger partial charge is 0.142 e. The van der Waals surface area contributed by atoms with Gasteiger partial charge in [0.05, 0.1) is 11.6 Å². The number of hydrogen-bond acceptors (Lipinski definition) is 2. The van der Waals surface area contributed by atoms with E-state index in [9.17, 15) is 4.39 Å². The molecule has 0 aliphatic carbocycles. The Morgan fingerprint density at radius 2 is 2.14 bits per heavy atom. The number of rotatable bonds is 4. The third kappa shape index (κ3) is 4.94. The Bertz CT molecular complexity index is 478. The summed E-state index contributed by atoms with van der Waals surface area (Å²) in [6.45, 7) is 8.90. The molecule has 1 aliphatic rings. The molecule has 1 saturated heterocycles. The van der Waals surface area contributed by atoms with Gasteiger partial charge in [0.25, 0.3) is 0 Å². The van der Waals surface area contributed by atoms with E-state index in [1.165, 1.54) is 0 Å². The van der Waals surface area contributed by atoms with E-state index in [1.807, 2.05) is 6.07 Å². The molecule has 1 atom stereocenters.